The summed E-state index contributed by atoms with van der Waals surface area (Å²) in [7, 11) is 0. The van der Waals surface area contributed by atoms with Crippen molar-refractivity contribution in [1.82, 2.24) is 10.6 Å². The summed E-state index contributed by atoms with van der Waals surface area (Å²) in [5.74, 6) is 0.955. The van der Waals surface area contributed by atoms with Crippen molar-refractivity contribution in [2.24, 2.45) is 5.92 Å². The summed E-state index contributed by atoms with van der Waals surface area (Å²) in [5.41, 5.74) is 0. The fraction of sp³-hybridized carbons (Fsp3) is 1.00. The molecule has 2 aliphatic rings. The van der Waals surface area contributed by atoms with Crippen LogP contribution in [-0.2, 0) is 0 Å². The average molecular weight is 168 g/mol. The molecule has 2 heteroatoms. The molecule has 3 atom stereocenters. The van der Waals surface area contributed by atoms with Gasteiger partial charge in [0.25, 0.3) is 0 Å². The van der Waals surface area contributed by atoms with Gasteiger partial charge in [-0.15, -0.1) is 0 Å². The molecule has 0 aromatic heterocycles. The molecule has 0 radical (unpaired) electrons. The predicted octanol–water partition coefficient (Wildman–Crippen LogP) is 1.13. The van der Waals surface area contributed by atoms with Crippen LogP contribution in [0.1, 0.15) is 32.6 Å². The Morgan fingerprint density at radius 3 is 2.67 bits per heavy atom. The molecule has 1 heterocycles. The van der Waals surface area contributed by atoms with Crippen LogP contribution in [0.3, 0.4) is 0 Å². The minimum Gasteiger partial charge on any atom is -0.315 e. The van der Waals surface area contributed by atoms with Gasteiger partial charge in [0.15, 0.2) is 0 Å². The molecule has 0 amide bonds. The van der Waals surface area contributed by atoms with E-state index in [-0.39, 0.29) is 0 Å². The fourth-order valence-electron chi connectivity index (χ4n) is 2.49. The molecule has 2 N–H and O–H groups in total. The highest BCUT2D eigenvalue weighted by Crippen LogP contribution is 2.25. The highest BCUT2D eigenvalue weighted by atomic mass is 15.0. The van der Waals surface area contributed by atoms with E-state index in [2.05, 4.69) is 17.6 Å². The van der Waals surface area contributed by atoms with Crippen LogP contribution in [0.15, 0.2) is 0 Å². The summed E-state index contributed by atoms with van der Waals surface area (Å²) in [6.07, 6.45) is 5.55. The predicted molar refractivity (Wildman–Crippen MR) is 51.2 cm³/mol. The molecule has 3 unspecified atom stereocenters. The van der Waals surface area contributed by atoms with Crippen molar-refractivity contribution in [3.63, 3.8) is 0 Å². The van der Waals surface area contributed by atoms with E-state index >= 15 is 0 Å². The molecule has 0 aromatic rings. The van der Waals surface area contributed by atoms with Gasteiger partial charge in [-0.1, -0.05) is 6.92 Å². The molecule has 1 aliphatic heterocycles. The first-order valence-electron chi connectivity index (χ1n) is 5.31. The zero-order valence-electron chi connectivity index (χ0n) is 7.97. The van der Waals surface area contributed by atoms with E-state index in [1.807, 2.05) is 0 Å². The second-order valence-corrected chi connectivity index (χ2v) is 4.47. The molecular weight excluding hydrogens is 148 g/mol. The van der Waals surface area contributed by atoms with Gasteiger partial charge in [-0.05, 0) is 38.1 Å². The van der Waals surface area contributed by atoms with E-state index in [1.165, 1.54) is 38.8 Å². The Kier molecular flexibility index (Phi) is 2.66. The molecule has 1 saturated heterocycles. The largest absolute Gasteiger partial charge is 0.315 e. The zero-order chi connectivity index (χ0) is 8.39. The summed E-state index contributed by atoms with van der Waals surface area (Å²) in [5, 5.41) is 7.14. The molecule has 2 rings (SSSR count). The van der Waals surface area contributed by atoms with Crippen LogP contribution in [-0.4, -0.2) is 25.2 Å². The maximum absolute atomic E-state index is 3.75. The van der Waals surface area contributed by atoms with E-state index < -0.39 is 0 Å². The molecule has 12 heavy (non-hydrogen) atoms. The van der Waals surface area contributed by atoms with Crippen LogP contribution in [0.25, 0.3) is 0 Å². The summed E-state index contributed by atoms with van der Waals surface area (Å²) >= 11 is 0. The molecule has 0 bridgehead atoms. The van der Waals surface area contributed by atoms with Crippen molar-refractivity contribution < 1.29 is 0 Å². The number of hydrogen-bond acceptors (Lipinski definition) is 2. The van der Waals surface area contributed by atoms with Gasteiger partial charge in [-0.25, -0.2) is 0 Å². The van der Waals surface area contributed by atoms with Crippen LogP contribution in [0.5, 0.6) is 0 Å². The average Bonchev–Trinajstić information content (AvgIpc) is 2.63. The quantitative estimate of drug-likeness (QED) is 0.646. The monoisotopic (exact) mass is 168 g/mol. The molecule has 0 aromatic carbocycles. The Morgan fingerprint density at radius 2 is 2.08 bits per heavy atom. The smallest absolute Gasteiger partial charge is 0.0207 e. The second-order valence-electron chi connectivity index (χ2n) is 4.47. The van der Waals surface area contributed by atoms with Gasteiger partial charge in [0.2, 0.25) is 0 Å². The minimum atomic E-state index is 0.764. The summed E-state index contributed by atoms with van der Waals surface area (Å²) in [6.45, 7) is 4.76. The second kappa shape index (κ2) is 3.75. The third-order valence-corrected chi connectivity index (χ3v) is 3.23. The molecule has 2 fully saturated rings. The molecule has 70 valence electrons. The number of hydrogen-bond donors (Lipinski definition) is 2. The first-order chi connectivity index (χ1) is 5.84. The Balaban J connectivity index is 1.72. The van der Waals surface area contributed by atoms with E-state index in [9.17, 15) is 0 Å². The zero-order valence-corrected chi connectivity index (χ0v) is 7.97. The van der Waals surface area contributed by atoms with Crippen molar-refractivity contribution in [2.75, 3.05) is 13.1 Å². The lowest BCUT2D eigenvalue weighted by molar-refractivity contribution is 0.438. The van der Waals surface area contributed by atoms with Crippen molar-refractivity contribution >= 4 is 0 Å². The lowest BCUT2D eigenvalue weighted by Crippen LogP contribution is -2.38. The third kappa shape index (κ3) is 1.99. The summed E-state index contributed by atoms with van der Waals surface area (Å²) in [4.78, 5) is 0. The summed E-state index contributed by atoms with van der Waals surface area (Å²) in [6, 6.07) is 1.59. The van der Waals surface area contributed by atoms with E-state index in [1.54, 1.807) is 0 Å². The molecular formula is C10H20N2. The van der Waals surface area contributed by atoms with Crippen molar-refractivity contribution in [3.05, 3.63) is 0 Å². The maximum Gasteiger partial charge on any atom is 0.0207 e. The number of rotatable bonds is 2. The highest BCUT2D eigenvalue weighted by molar-refractivity contribution is 4.85. The van der Waals surface area contributed by atoms with Gasteiger partial charge < -0.3 is 10.6 Å². The van der Waals surface area contributed by atoms with Gasteiger partial charge in [0, 0.05) is 18.6 Å². The van der Waals surface area contributed by atoms with Crippen molar-refractivity contribution in [1.29, 1.82) is 0 Å². The molecule has 1 aliphatic carbocycles. The fourth-order valence-corrected chi connectivity index (χ4v) is 2.49. The Bertz CT molecular complexity index is 141. The first-order valence-corrected chi connectivity index (χ1v) is 5.31. The Morgan fingerprint density at radius 1 is 1.17 bits per heavy atom. The van der Waals surface area contributed by atoms with Gasteiger partial charge in [-0.3, -0.25) is 0 Å². The summed E-state index contributed by atoms with van der Waals surface area (Å²) < 4.78 is 0. The Labute approximate surface area is 75.1 Å². The molecule has 1 saturated carbocycles. The maximum atomic E-state index is 3.75. The van der Waals surface area contributed by atoms with Gasteiger partial charge >= 0.3 is 0 Å². The van der Waals surface area contributed by atoms with Crippen LogP contribution >= 0.6 is 0 Å². The Hall–Kier alpha value is -0.0800. The van der Waals surface area contributed by atoms with Crippen LogP contribution in [0.2, 0.25) is 0 Å². The first kappa shape index (κ1) is 8.52. The minimum absolute atomic E-state index is 0.764. The van der Waals surface area contributed by atoms with Crippen molar-refractivity contribution in [2.45, 2.75) is 44.7 Å². The van der Waals surface area contributed by atoms with Gasteiger partial charge in [0.1, 0.15) is 0 Å². The van der Waals surface area contributed by atoms with E-state index in [4.69, 9.17) is 0 Å². The van der Waals surface area contributed by atoms with E-state index in [0.29, 0.717) is 0 Å². The highest BCUT2D eigenvalue weighted by Gasteiger charge is 2.24. The standard InChI is InChI=1S/C10H20N2/c1-8-2-3-9(6-8)12-10-4-5-11-7-10/h8-12H,2-7H2,1H3. The van der Waals surface area contributed by atoms with Gasteiger partial charge in [-0.2, -0.15) is 0 Å². The van der Waals surface area contributed by atoms with Crippen LogP contribution in [0, 0.1) is 5.92 Å². The van der Waals surface area contributed by atoms with E-state index in [0.717, 1.165) is 18.0 Å². The lowest BCUT2D eigenvalue weighted by Gasteiger charge is -2.17. The molecule has 2 nitrogen and oxygen atoms in total. The van der Waals surface area contributed by atoms with Gasteiger partial charge in [0.05, 0.1) is 0 Å². The third-order valence-electron chi connectivity index (χ3n) is 3.23. The number of nitrogens with one attached hydrogen (secondary N) is 2. The SMILES string of the molecule is CC1CCC(NC2CCNC2)C1. The van der Waals surface area contributed by atoms with Crippen molar-refractivity contribution in [3.8, 4) is 0 Å². The normalized spacial score (nSPS) is 42.2. The molecule has 0 spiro atoms. The lowest BCUT2D eigenvalue weighted by atomic mass is 10.1. The topological polar surface area (TPSA) is 24.1 Å². The van der Waals surface area contributed by atoms with Crippen LogP contribution in [0.4, 0.5) is 0 Å². The van der Waals surface area contributed by atoms with Crippen LogP contribution < -0.4 is 10.6 Å².